The van der Waals surface area contributed by atoms with E-state index in [-0.39, 0.29) is 0 Å². The van der Waals surface area contributed by atoms with E-state index in [0.717, 1.165) is 22.6 Å². The van der Waals surface area contributed by atoms with Crippen LogP contribution in [0.15, 0.2) is 39.9 Å². The maximum atomic E-state index is 11.8. The lowest BCUT2D eigenvalue weighted by atomic mass is 10.1. The van der Waals surface area contributed by atoms with Gasteiger partial charge in [0.05, 0.1) is 5.69 Å². The van der Waals surface area contributed by atoms with Gasteiger partial charge in [-0.2, -0.15) is 0 Å². The first-order valence-corrected chi connectivity index (χ1v) is 5.72. The Morgan fingerprint density at radius 1 is 1.26 bits per heavy atom. The molecular weight excluding hydrogens is 248 g/mol. The molecule has 1 heterocycles. The molecule has 6 heteroatoms. The number of carboxylic acids is 1. The summed E-state index contributed by atoms with van der Waals surface area (Å²) >= 11 is 0. The summed E-state index contributed by atoms with van der Waals surface area (Å²) in [6.07, 6.45) is 0.851. The van der Waals surface area contributed by atoms with Crippen LogP contribution in [0, 0.1) is 0 Å². The van der Waals surface area contributed by atoms with Gasteiger partial charge in [0.2, 0.25) is 0 Å². The van der Waals surface area contributed by atoms with Crippen molar-refractivity contribution < 1.29 is 9.90 Å². The van der Waals surface area contributed by atoms with E-state index in [1.807, 2.05) is 19.1 Å². The highest BCUT2D eigenvalue weighted by atomic mass is 16.4. The van der Waals surface area contributed by atoms with Gasteiger partial charge in [-0.05, 0) is 24.1 Å². The second kappa shape index (κ2) is 4.93. The number of nitrogens with zero attached hydrogens (tertiary/aromatic N) is 1. The van der Waals surface area contributed by atoms with Gasteiger partial charge in [-0.25, -0.2) is 14.2 Å². The fourth-order valence-corrected chi connectivity index (χ4v) is 1.74. The van der Waals surface area contributed by atoms with Crippen molar-refractivity contribution in [2.45, 2.75) is 13.3 Å². The first-order valence-electron chi connectivity index (χ1n) is 5.72. The lowest BCUT2D eigenvalue weighted by Crippen LogP contribution is -2.34. The third-order valence-corrected chi connectivity index (χ3v) is 2.77. The zero-order valence-corrected chi connectivity index (χ0v) is 10.2. The number of hydrogen-bond acceptors (Lipinski definition) is 3. The van der Waals surface area contributed by atoms with Crippen LogP contribution in [-0.4, -0.2) is 20.6 Å². The number of carboxylic acid groups (broad SMARTS) is 1. The Balaban J connectivity index is 2.59. The molecular formula is C13H12N2O4. The van der Waals surface area contributed by atoms with Crippen LogP contribution in [-0.2, 0) is 6.42 Å². The average molecular weight is 260 g/mol. The van der Waals surface area contributed by atoms with Crippen molar-refractivity contribution in [3.05, 3.63) is 62.4 Å². The zero-order chi connectivity index (χ0) is 14.0. The van der Waals surface area contributed by atoms with Gasteiger partial charge in [0.1, 0.15) is 5.69 Å². The summed E-state index contributed by atoms with van der Waals surface area (Å²) in [5.41, 5.74) is -0.383. The summed E-state index contributed by atoms with van der Waals surface area (Å²) < 4.78 is 0.895. The molecule has 0 spiro atoms. The molecule has 0 atom stereocenters. The Labute approximate surface area is 108 Å². The van der Waals surface area contributed by atoms with E-state index in [4.69, 9.17) is 5.11 Å². The predicted octanol–water partition coefficient (Wildman–Crippen LogP) is 0.786. The summed E-state index contributed by atoms with van der Waals surface area (Å²) in [7, 11) is 0. The SMILES string of the molecule is CCc1ccc(-n2c(=O)cc(C(=O)O)[nH]c2=O)cc1. The number of aromatic nitrogens is 2. The molecule has 0 saturated carbocycles. The molecule has 0 saturated heterocycles. The third-order valence-electron chi connectivity index (χ3n) is 2.77. The van der Waals surface area contributed by atoms with Crippen molar-refractivity contribution in [3.63, 3.8) is 0 Å². The lowest BCUT2D eigenvalue weighted by Gasteiger charge is -2.05. The number of benzene rings is 1. The Hall–Kier alpha value is -2.63. The van der Waals surface area contributed by atoms with Gasteiger partial charge in [-0.3, -0.25) is 4.79 Å². The fraction of sp³-hybridized carbons (Fsp3) is 0.154. The number of hydrogen-bond donors (Lipinski definition) is 2. The normalized spacial score (nSPS) is 10.4. The predicted molar refractivity (Wildman–Crippen MR) is 69.0 cm³/mol. The van der Waals surface area contributed by atoms with Crippen molar-refractivity contribution in [1.82, 2.24) is 9.55 Å². The first kappa shape index (κ1) is 12.8. The molecule has 0 unspecified atom stereocenters. The van der Waals surface area contributed by atoms with Crippen LogP contribution in [0.5, 0.6) is 0 Å². The van der Waals surface area contributed by atoms with Crippen molar-refractivity contribution in [2.75, 3.05) is 0 Å². The molecule has 2 aromatic rings. The highest BCUT2D eigenvalue weighted by Gasteiger charge is 2.10. The van der Waals surface area contributed by atoms with Gasteiger partial charge >= 0.3 is 11.7 Å². The van der Waals surface area contributed by atoms with Crippen molar-refractivity contribution >= 4 is 5.97 Å². The van der Waals surface area contributed by atoms with Gasteiger partial charge in [0.25, 0.3) is 5.56 Å². The summed E-state index contributed by atoms with van der Waals surface area (Å²) in [5.74, 6) is -1.34. The Kier molecular flexibility index (Phi) is 3.33. The molecule has 0 aliphatic carbocycles. The largest absolute Gasteiger partial charge is 0.477 e. The van der Waals surface area contributed by atoms with E-state index >= 15 is 0 Å². The number of nitrogens with one attached hydrogen (secondary N) is 1. The minimum Gasteiger partial charge on any atom is -0.477 e. The molecule has 19 heavy (non-hydrogen) atoms. The number of carbonyl (C=O) groups is 1. The van der Waals surface area contributed by atoms with Crippen LogP contribution in [0.3, 0.4) is 0 Å². The molecule has 98 valence electrons. The number of H-pyrrole nitrogens is 1. The second-order valence-corrected chi connectivity index (χ2v) is 3.99. The standard InChI is InChI=1S/C13H12N2O4/c1-2-8-3-5-9(6-4-8)15-11(16)7-10(12(17)18)14-13(15)19/h3-7H,2H2,1H3,(H,14,19)(H,17,18). The van der Waals surface area contributed by atoms with E-state index in [2.05, 4.69) is 4.98 Å². The van der Waals surface area contributed by atoms with Gasteiger partial charge in [0, 0.05) is 6.07 Å². The van der Waals surface area contributed by atoms with Crippen LogP contribution in [0.2, 0.25) is 0 Å². The highest BCUT2D eigenvalue weighted by Crippen LogP contribution is 2.06. The van der Waals surface area contributed by atoms with E-state index in [1.54, 1.807) is 12.1 Å². The molecule has 1 aromatic heterocycles. The maximum absolute atomic E-state index is 11.8. The molecule has 0 aliphatic rings. The molecule has 0 bridgehead atoms. The number of aryl methyl sites for hydroxylation is 1. The minimum absolute atomic E-state index is 0.403. The fourth-order valence-electron chi connectivity index (χ4n) is 1.74. The number of rotatable bonds is 3. The topological polar surface area (TPSA) is 92.2 Å². The quantitative estimate of drug-likeness (QED) is 0.853. The second-order valence-electron chi connectivity index (χ2n) is 3.99. The van der Waals surface area contributed by atoms with Crippen LogP contribution in [0.1, 0.15) is 23.0 Å². The molecule has 0 fully saturated rings. The first-order chi connectivity index (χ1) is 9.02. The monoisotopic (exact) mass is 260 g/mol. The summed E-state index contributed by atoms with van der Waals surface area (Å²) in [6.45, 7) is 2.00. The Bertz CT molecular complexity index is 694. The molecule has 1 aromatic carbocycles. The van der Waals surface area contributed by atoms with E-state index in [9.17, 15) is 14.4 Å². The van der Waals surface area contributed by atoms with E-state index in [1.165, 1.54) is 0 Å². The molecule has 2 N–H and O–H groups in total. The molecule has 0 amide bonds. The van der Waals surface area contributed by atoms with Gasteiger partial charge in [-0.15, -0.1) is 0 Å². The number of aromatic amines is 1. The lowest BCUT2D eigenvalue weighted by molar-refractivity contribution is 0.0689. The van der Waals surface area contributed by atoms with Crippen LogP contribution >= 0.6 is 0 Å². The van der Waals surface area contributed by atoms with Crippen LogP contribution in [0.25, 0.3) is 5.69 Å². The zero-order valence-electron chi connectivity index (χ0n) is 10.2. The summed E-state index contributed by atoms with van der Waals surface area (Å²) in [4.78, 5) is 36.4. The Morgan fingerprint density at radius 2 is 1.89 bits per heavy atom. The molecule has 2 rings (SSSR count). The molecule has 0 aliphatic heterocycles. The van der Waals surface area contributed by atoms with Crippen molar-refractivity contribution in [2.24, 2.45) is 0 Å². The molecule has 6 nitrogen and oxygen atoms in total. The van der Waals surface area contributed by atoms with E-state index in [0.29, 0.717) is 5.69 Å². The minimum atomic E-state index is -1.34. The third kappa shape index (κ3) is 2.47. The van der Waals surface area contributed by atoms with Crippen LogP contribution in [0.4, 0.5) is 0 Å². The molecule has 0 radical (unpaired) electrons. The van der Waals surface area contributed by atoms with Crippen molar-refractivity contribution in [1.29, 1.82) is 0 Å². The average Bonchev–Trinajstić information content (AvgIpc) is 2.38. The van der Waals surface area contributed by atoms with Gasteiger partial charge < -0.3 is 10.1 Å². The van der Waals surface area contributed by atoms with Crippen LogP contribution < -0.4 is 11.2 Å². The maximum Gasteiger partial charge on any atom is 0.352 e. The highest BCUT2D eigenvalue weighted by molar-refractivity contribution is 5.84. The van der Waals surface area contributed by atoms with Gasteiger partial charge in [0.15, 0.2) is 0 Å². The Morgan fingerprint density at radius 3 is 2.37 bits per heavy atom. The smallest absolute Gasteiger partial charge is 0.352 e. The van der Waals surface area contributed by atoms with Crippen molar-refractivity contribution in [3.8, 4) is 5.69 Å². The van der Waals surface area contributed by atoms with Gasteiger partial charge in [-0.1, -0.05) is 19.1 Å². The van der Waals surface area contributed by atoms with E-state index < -0.39 is 22.9 Å². The number of aromatic carboxylic acids is 1. The summed E-state index contributed by atoms with van der Waals surface area (Å²) in [6, 6.07) is 7.81. The summed E-state index contributed by atoms with van der Waals surface area (Å²) in [5, 5.41) is 8.75.